The van der Waals surface area contributed by atoms with Crippen molar-refractivity contribution in [3.63, 3.8) is 0 Å². The van der Waals surface area contributed by atoms with E-state index in [-0.39, 0.29) is 28.9 Å². The van der Waals surface area contributed by atoms with E-state index in [0.29, 0.717) is 0 Å². The molecule has 0 radical (unpaired) electrons. The van der Waals surface area contributed by atoms with Crippen molar-refractivity contribution in [1.82, 2.24) is 15.6 Å². The van der Waals surface area contributed by atoms with Gasteiger partial charge < -0.3 is 15.4 Å². The van der Waals surface area contributed by atoms with Gasteiger partial charge in [-0.2, -0.15) is 8.78 Å². The number of ether oxygens (including phenoxy) is 1. The molecule has 0 aromatic carbocycles. The van der Waals surface area contributed by atoms with Gasteiger partial charge in [-0.25, -0.2) is 9.78 Å². The van der Waals surface area contributed by atoms with Crippen molar-refractivity contribution in [1.29, 1.82) is 0 Å². The Morgan fingerprint density at radius 3 is 2.73 bits per heavy atom. The normalized spacial score (nSPS) is 10.2. The predicted molar refractivity (Wildman–Crippen MR) is 73.5 cm³/mol. The number of halogens is 2. The summed E-state index contributed by atoms with van der Waals surface area (Å²) in [6, 6.07) is 2.65. The third-order valence-corrected chi connectivity index (χ3v) is 2.98. The van der Waals surface area contributed by atoms with Crippen LogP contribution in [0.2, 0.25) is 0 Å². The van der Waals surface area contributed by atoms with E-state index < -0.39 is 30.1 Å². The fourth-order valence-electron chi connectivity index (χ4n) is 1.25. The minimum Gasteiger partial charge on any atom is -0.452 e. The zero-order valence-corrected chi connectivity index (χ0v) is 12.3. The number of aromatic nitrogens is 1. The molecule has 0 unspecified atom stereocenters. The number of nitrogens with one attached hydrogen (secondary N) is 2. The van der Waals surface area contributed by atoms with Gasteiger partial charge in [0.1, 0.15) is 5.03 Å². The fraction of sp³-hybridized carbons (Fsp3) is 0.333. The molecule has 0 aliphatic carbocycles. The van der Waals surface area contributed by atoms with Crippen molar-refractivity contribution in [2.75, 3.05) is 20.2 Å². The van der Waals surface area contributed by atoms with Crippen LogP contribution in [0.4, 0.5) is 8.78 Å². The van der Waals surface area contributed by atoms with E-state index >= 15 is 0 Å². The Morgan fingerprint density at radius 2 is 2.09 bits per heavy atom. The lowest BCUT2D eigenvalue weighted by Gasteiger charge is -2.08. The number of likely N-dealkylation sites (N-methyl/N-ethyl adjacent to an activating group) is 1. The molecular formula is C12H13F2N3O4S. The summed E-state index contributed by atoms with van der Waals surface area (Å²) in [4.78, 5) is 37.7. The molecule has 22 heavy (non-hydrogen) atoms. The molecule has 0 aliphatic rings. The molecule has 1 aromatic rings. The Bertz CT molecular complexity index is 557. The first kappa shape index (κ1) is 17.8. The summed E-state index contributed by atoms with van der Waals surface area (Å²) in [5.41, 5.74) is -0.160. The number of nitrogens with zero attached hydrogens (tertiary/aromatic N) is 1. The van der Waals surface area contributed by atoms with E-state index in [9.17, 15) is 23.2 Å². The van der Waals surface area contributed by atoms with Gasteiger partial charge in [0.2, 0.25) is 5.91 Å². The molecule has 2 amide bonds. The molecule has 0 bridgehead atoms. The standard InChI is InChI=1S/C12H13F2N3O4S/c1-15-8(18)5-17-9(19)6-21-11(20)7-3-2-4-16-10(7)22-12(13)14/h2-4,12H,5-6H2,1H3,(H,15,18)(H,17,19). The number of amides is 2. The van der Waals surface area contributed by atoms with E-state index in [0.717, 1.165) is 0 Å². The summed E-state index contributed by atoms with van der Waals surface area (Å²) in [5, 5.41) is 4.32. The number of hydrogen-bond acceptors (Lipinski definition) is 6. The van der Waals surface area contributed by atoms with Crippen molar-refractivity contribution in [3.8, 4) is 0 Å². The van der Waals surface area contributed by atoms with Gasteiger partial charge in [0, 0.05) is 13.2 Å². The highest BCUT2D eigenvalue weighted by Crippen LogP contribution is 2.26. The zero-order chi connectivity index (χ0) is 16.5. The average molecular weight is 333 g/mol. The van der Waals surface area contributed by atoms with Gasteiger partial charge in [0.05, 0.1) is 12.1 Å². The fourth-order valence-corrected chi connectivity index (χ4v) is 1.82. The summed E-state index contributed by atoms with van der Waals surface area (Å²) in [6.45, 7) is -0.893. The third-order valence-electron chi connectivity index (χ3n) is 2.25. The Labute approximate surface area is 128 Å². The second-order valence-electron chi connectivity index (χ2n) is 3.76. The van der Waals surface area contributed by atoms with Gasteiger partial charge in [-0.3, -0.25) is 9.59 Å². The van der Waals surface area contributed by atoms with Gasteiger partial charge in [0.25, 0.3) is 11.7 Å². The van der Waals surface area contributed by atoms with Crippen LogP contribution in [0.25, 0.3) is 0 Å². The van der Waals surface area contributed by atoms with Crippen LogP contribution in [0.15, 0.2) is 23.4 Å². The molecular weight excluding hydrogens is 320 g/mol. The van der Waals surface area contributed by atoms with E-state index in [1.165, 1.54) is 25.4 Å². The summed E-state index contributed by atoms with van der Waals surface area (Å²) < 4.78 is 29.4. The monoisotopic (exact) mass is 333 g/mol. The lowest BCUT2D eigenvalue weighted by Crippen LogP contribution is -2.37. The van der Waals surface area contributed by atoms with Crippen LogP contribution in [-0.4, -0.2) is 48.7 Å². The molecule has 10 heteroatoms. The lowest BCUT2D eigenvalue weighted by atomic mass is 10.3. The van der Waals surface area contributed by atoms with E-state index in [2.05, 4.69) is 15.6 Å². The Balaban J connectivity index is 2.55. The molecule has 1 rings (SSSR count). The number of pyridine rings is 1. The second-order valence-corrected chi connectivity index (χ2v) is 4.74. The molecule has 0 saturated heterocycles. The van der Waals surface area contributed by atoms with Gasteiger partial charge in [-0.15, -0.1) is 0 Å². The lowest BCUT2D eigenvalue weighted by molar-refractivity contribution is -0.127. The van der Waals surface area contributed by atoms with Crippen LogP contribution in [0, 0.1) is 0 Å². The average Bonchev–Trinajstić information content (AvgIpc) is 2.50. The summed E-state index contributed by atoms with van der Waals surface area (Å²) in [6.07, 6.45) is 1.26. The highest BCUT2D eigenvalue weighted by Gasteiger charge is 2.18. The molecule has 1 heterocycles. The zero-order valence-electron chi connectivity index (χ0n) is 11.5. The number of carbonyl (C=O) groups is 3. The van der Waals surface area contributed by atoms with Crippen LogP contribution in [0.1, 0.15) is 10.4 Å². The van der Waals surface area contributed by atoms with Gasteiger partial charge in [-0.1, -0.05) is 0 Å². The molecule has 7 nitrogen and oxygen atoms in total. The minimum atomic E-state index is -2.74. The maximum Gasteiger partial charge on any atom is 0.341 e. The first-order chi connectivity index (χ1) is 10.4. The van der Waals surface area contributed by atoms with Crippen LogP contribution in [-0.2, 0) is 14.3 Å². The Morgan fingerprint density at radius 1 is 1.36 bits per heavy atom. The number of hydrogen-bond donors (Lipinski definition) is 2. The maximum absolute atomic E-state index is 12.4. The number of esters is 1. The Kier molecular flexibility index (Phi) is 7.23. The van der Waals surface area contributed by atoms with Crippen LogP contribution in [0.3, 0.4) is 0 Å². The van der Waals surface area contributed by atoms with Gasteiger partial charge in [-0.05, 0) is 23.9 Å². The van der Waals surface area contributed by atoms with Gasteiger partial charge in [0.15, 0.2) is 6.61 Å². The van der Waals surface area contributed by atoms with Crippen molar-refractivity contribution in [3.05, 3.63) is 23.9 Å². The molecule has 0 aliphatic heterocycles. The van der Waals surface area contributed by atoms with Crippen LogP contribution in [0.5, 0.6) is 0 Å². The van der Waals surface area contributed by atoms with Crippen LogP contribution >= 0.6 is 11.8 Å². The highest BCUT2D eigenvalue weighted by molar-refractivity contribution is 7.99. The number of rotatable bonds is 7. The van der Waals surface area contributed by atoms with E-state index in [1.54, 1.807) is 0 Å². The highest BCUT2D eigenvalue weighted by atomic mass is 32.2. The predicted octanol–water partition coefficient (Wildman–Crippen LogP) is 0.415. The van der Waals surface area contributed by atoms with E-state index in [1.807, 2.05) is 0 Å². The summed E-state index contributed by atoms with van der Waals surface area (Å²) >= 11 is 0.106. The quantitative estimate of drug-likeness (QED) is 0.554. The largest absolute Gasteiger partial charge is 0.452 e. The van der Waals surface area contributed by atoms with Crippen molar-refractivity contribution < 1.29 is 27.9 Å². The molecule has 0 saturated carbocycles. The van der Waals surface area contributed by atoms with Crippen molar-refractivity contribution >= 4 is 29.5 Å². The van der Waals surface area contributed by atoms with E-state index in [4.69, 9.17) is 4.74 Å². The molecule has 0 fully saturated rings. The number of thioether (sulfide) groups is 1. The first-order valence-electron chi connectivity index (χ1n) is 5.98. The summed E-state index contributed by atoms with van der Waals surface area (Å²) in [5.74, 6) is -4.80. The number of carbonyl (C=O) groups excluding carboxylic acids is 3. The molecule has 2 N–H and O–H groups in total. The molecule has 1 aromatic heterocycles. The third kappa shape index (κ3) is 6.04. The molecule has 0 atom stereocenters. The van der Waals surface area contributed by atoms with Gasteiger partial charge >= 0.3 is 5.97 Å². The molecule has 0 spiro atoms. The summed E-state index contributed by atoms with van der Waals surface area (Å²) in [7, 11) is 1.40. The molecule has 120 valence electrons. The SMILES string of the molecule is CNC(=O)CNC(=O)COC(=O)c1cccnc1SC(F)F. The topological polar surface area (TPSA) is 97.4 Å². The van der Waals surface area contributed by atoms with Crippen molar-refractivity contribution in [2.24, 2.45) is 0 Å². The smallest absolute Gasteiger partial charge is 0.341 e. The van der Waals surface area contributed by atoms with Crippen LogP contribution < -0.4 is 10.6 Å². The maximum atomic E-state index is 12.4. The second kappa shape index (κ2) is 8.93. The van der Waals surface area contributed by atoms with Crippen molar-refractivity contribution in [2.45, 2.75) is 10.8 Å². The minimum absolute atomic E-state index is 0.106. The Hall–Kier alpha value is -2.23. The first-order valence-corrected chi connectivity index (χ1v) is 6.86. The number of alkyl halides is 2.